The smallest absolute Gasteiger partial charge is 0.338 e. The van der Waals surface area contributed by atoms with Crippen molar-refractivity contribution < 1.29 is 18.7 Å². The lowest BCUT2D eigenvalue weighted by Crippen LogP contribution is -2.12. The Labute approximate surface area is 161 Å². The number of benzene rings is 2. The van der Waals surface area contributed by atoms with Crippen molar-refractivity contribution >= 4 is 29.1 Å². The average molecular weight is 379 g/mol. The molecular weight excluding hydrogens is 361 g/mol. The molecule has 0 saturated carbocycles. The largest absolute Gasteiger partial charge is 0.462 e. The number of pyridine rings is 1. The molecule has 0 saturated heterocycles. The molecule has 0 aliphatic carbocycles. The van der Waals surface area contributed by atoms with Crippen LogP contribution in [-0.4, -0.2) is 23.5 Å². The molecule has 1 aromatic heterocycles. The van der Waals surface area contributed by atoms with E-state index in [4.69, 9.17) is 4.74 Å². The van der Waals surface area contributed by atoms with Crippen LogP contribution < -0.4 is 10.6 Å². The molecule has 1 amide bonds. The number of carbonyl (C=O) groups excluding carboxylic acids is 2. The number of amides is 1. The number of esters is 1. The van der Waals surface area contributed by atoms with E-state index in [1.54, 1.807) is 61.5 Å². The molecule has 6 nitrogen and oxygen atoms in total. The first-order chi connectivity index (χ1) is 13.6. The molecule has 0 atom stereocenters. The zero-order valence-electron chi connectivity index (χ0n) is 15.1. The first-order valence-corrected chi connectivity index (χ1v) is 8.63. The van der Waals surface area contributed by atoms with E-state index in [0.29, 0.717) is 34.9 Å². The van der Waals surface area contributed by atoms with Crippen LogP contribution in [0.2, 0.25) is 0 Å². The third-order valence-corrected chi connectivity index (χ3v) is 3.82. The monoisotopic (exact) mass is 379 g/mol. The number of rotatable bonds is 6. The summed E-state index contributed by atoms with van der Waals surface area (Å²) in [6.45, 7) is 2.03. The fraction of sp³-hybridized carbons (Fsp3) is 0.0952. The van der Waals surface area contributed by atoms with Gasteiger partial charge in [-0.05, 0) is 55.5 Å². The Morgan fingerprint density at radius 3 is 2.36 bits per heavy atom. The molecule has 3 aromatic rings. The Morgan fingerprint density at radius 2 is 1.71 bits per heavy atom. The van der Waals surface area contributed by atoms with E-state index in [-0.39, 0.29) is 5.91 Å². The van der Waals surface area contributed by atoms with Gasteiger partial charge in [-0.25, -0.2) is 14.2 Å². The fourth-order valence-electron chi connectivity index (χ4n) is 2.41. The van der Waals surface area contributed by atoms with Crippen molar-refractivity contribution in [3.63, 3.8) is 0 Å². The second-order valence-electron chi connectivity index (χ2n) is 5.79. The van der Waals surface area contributed by atoms with Crippen molar-refractivity contribution in [3.05, 3.63) is 83.8 Å². The topological polar surface area (TPSA) is 80.3 Å². The van der Waals surface area contributed by atoms with Crippen LogP contribution in [0.15, 0.2) is 66.9 Å². The fourth-order valence-corrected chi connectivity index (χ4v) is 2.41. The summed E-state index contributed by atoms with van der Waals surface area (Å²) in [7, 11) is 0. The van der Waals surface area contributed by atoms with Crippen molar-refractivity contribution in [1.82, 2.24) is 4.98 Å². The Bertz CT molecular complexity index is 973. The van der Waals surface area contributed by atoms with Gasteiger partial charge in [0.2, 0.25) is 0 Å². The van der Waals surface area contributed by atoms with Crippen LogP contribution in [0.25, 0.3) is 0 Å². The van der Waals surface area contributed by atoms with Gasteiger partial charge in [-0.15, -0.1) is 0 Å². The van der Waals surface area contributed by atoms with E-state index in [1.807, 2.05) is 0 Å². The molecule has 28 heavy (non-hydrogen) atoms. The number of hydrogen-bond donors (Lipinski definition) is 2. The first kappa shape index (κ1) is 19.0. The number of ether oxygens (including phenoxy) is 1. The molecule has 0 fully saturated rings. The summed E-state index contributed by atoms with van der Waals surface area (Å²) in [4.78, 5) is 28.1. The predicted octanol–water partition coefficient (Wildman–Crippen LogP) is 4.39. The summed E-state index contributed by atoms with van der Waals surface area (Å²) in [5.74, 6) is -0.742. The van der Waals surface area contributed by atoms with E-state index < -0.39 is 11.8 Å². The van der Waals surface area contributed by atoms with Gasteiger partial charge >= 0.3 is 5.97 Å². The number of carbonyl (C=O) groups is 2. The average Bonchev–Trinajstić information content (AvgIpc) is 2.71. The molecule has 0 radical (unpaired) electrons. The van der Waals surface area contributed by atoms with E-state index in [0.717, 1.165) is 0 Å². The van der Waals surface area contributed by atoms with Gasteiger partial charge in [0, 0.05) is 11.9 Å². The van der Waals surface area contributed by atoms with Crippen LogP contribution in [0, 0.1) is 5.82 Å². The van der Waals surface area contributed by atoms with Gasteiger partial charge < -0.3 is 15.4 Å². The van der Waals surface area contributed by atoms with Crippen LogP contribution in [0.4, 0.5) is 21.6 Å². The maximum Gasteiger partial charge on any atom is 0.338 e. The third kappa shape index (κ3) is 4.70. The van der Waals surface area contributed by atoms with E-state index in [2.05, 4.69) is 15.6 Å². The Morgan fingerprint density at radius 1 is 1.00 bits per heavy atom. The summed E-state index contributed by atoms with van der Waals surface area (Å²) in [5.41, 5.74) is 1.58. The van der Waals surface area contributed by atoms with Gasteiger partial charge in [0.15, 0.2) is 0 Å². The Hall–Kier alpha value is -3.74. The normalized spacial score (nSPS) is 10.2. The van der Waals surface area contributed by atoms with Crippen LogP contribution in [-0.2, 0) is 4.74 Å². The number of hydrogen-bond acceptors (Lipinski definition) is 5. The summed E-state index contributed by atoms with van der Waals surface area (Å²) < 4.78 is 18.6. The van der Waals surface area contributed by atoms with Crippen LogP contribution in [0.3, 0.4) is 0 Å². The molecular formula is C21H18FN3O3. The molecule has 2 aromatic carbocycles. The maximum atomic E-state index is 13.7. The highest BCUT2D eigenvalue weighted by atomic mass is 19.1. The second-order valence-corrected chi connectivity index (χ2v) is 5.79. The lowest BCUT2D eigenvalue weighted by atomic mass is 10.2. The number of para-hydroxylation sites is 1. The lowest BCUT2D eigenvalue weighted by Gasteiger charge is -2.08. The first-order valence-electron chi connectivity index (χ1n) is 8.63. The highest BCUT2D eigenvalue weighted by molar-refractivity contribution is 6.04. The van der Waals surface area contributed by atoms with E-state index >= 15 is 0 Å². The van der Waals surface area contributed by atoms with Gasteiger partial charge in [-0.2, -0.15) is 0 Å². The molecule has 0 spiro atoms. The molecule has 1 heterocycles. The van der Waals surface area contributed by atoms with Crippen LogP contribution in [0.5, 0.6) is 0 Å². The molecule has 0 aliphatic rings. The minimum absolute atomic E-state index is 0.298. The number of aromatic nitrogens is 1. The number of halogens is 1. The van der Waals surface area contributed by atoms with Gasteiger partial charge in [-0.1, -0.05) is 12.1 Å². The molecule has 0 aliphatic heterocycles. The maximum absolute atomic E-state index is 13.7. The van der Waals surface area contributed by atoms with E-state index in [9.17, 15) is 14.0 Å². The number of nitrogens with one attached hydrogen (secondary N) is 2. The summed E-state index contributed by atoms with van der Waals surface area (Å²) in [6.07, 6.45) is 1.39. The summed E-state index contributed by atoms with van der Waals surface area (Å²) in [6, 6.07) is 15.8. The lowest BCUT2D eigenvalue weighted by molar-refractivity contribution is 0.0526. The highest BCUT2D eigenvalue weighted by Gasteiger charge is 2.10. The third-order valence-electron chi connectivity index (χ3n) is 3.82. The molecule has 2 N–H and O–H groups in total. The SMILES string of the molecule is CCOC(=O)c1ccc(NC(=O)c2ccc(Nc3ccccc3F)nc2)cc1. The van der Waals surface area contributed by atoms with Crippen LogP contribution in [0.1, 0.15) is 27.6 Å². The van der Waals surface area contributed by atoms with Crippen molar-refractivity contribution in [1.29, 1.82) is 0 Å². The van der Waals surface area contributed by atoms with Crippen molar-refractivity contribution in [2.45, 2.75) is 6.92 Å². The predicted molar refractivity (Wildman–Crippen MR) is 104 cm³/mol. The van der Waals surface area contributed by atoms with Gasteiger partial charge in [-0.3, -0.25) is 4.79 Å². The standard InChI is InChI=1S/C21H18FN3O3/c1-2-28-21(27)14-7-10-16(11-8-14)24-20(26)15-9-12-19(23-13-15)25-18-6-4-3-5-17(18)22/h3-13H,2H2,1H3,(H,23,25)(H,24,26). The molecule has 3 rings (SSSR count). The quantitative estimate of drug-likeness (QED) is 0.621. The minimum Gasteiger partial charge on any atom is -0.462 e. The minimum atomic E-state index is -0.414. The summed E-state index contributed by atoms with van der Waals surface area (Å²) >= 11 is 0. The zero-order valence-corrected chi connectivity index (χ0v) is 15.1. The second kappa shape index (κ2) is 8.77. The Balaban J connectivity index is 1.63. The molecule has 0 bridgehead atoms. The number of nitrogens with zero attached hydrogens (tertiary/aromatic N) is 1. The Kier molecular flexibility index (Phi) is 5.96. The highest BCUT2D eigenvalue weighted by Crippen LogP contribution is 2.18. The van der Waals surface area contributed by atoms with Gasteiger partial charge in [0.05, 0.1) is 23.4 Å². The van der Waals surface area contributed by atoms with Crippen molar-refractivity contribution in [2.24, 2.45) is 0 Å². The van der Waals surface area contributed by atoms with Gasteiger partial charge in [0.1, 0.15) is 11.6 Å². The molecule has 0 unspecified atom stereocenters. The van der Waals surface area contributed by atoms with Crippen molar-refractivity contribution in [3.8, 4) is 0 Å². The van der Waals surface area contributed by atoms with Gasteiger partial charge in [0.25, 0.3) is 5.91 Å². The summed E-state index contributed by atoms with van der Waals surface area (Å²) in [5, 5.41) is 5.58. The van der Waals surface area contributed by atoms with Crippen LogP contribution >= 0.6 is 0 Å². The molecule has 7 heteroatoms. The molecule has 142 valence electrons. The van der Waals surface area contributed by atoms with E-state index in [1.165, 1.54) is 12.3 Å². The zero-order chi connectivity index (χ0) is 19.9. The van der Waals surface area contributed by atoms with Crippen molar-refractivity contribution in [2.75, 3.05) is 17.2 Å². The number of anilines is 3.